The van der Waals surface area contributed by atoms with E-state index in [0.29, 0.717) is 12.1 Å². The third kappa shape index (κ3) is 4.82. The normalized spacial score (nSPS) is 19.1. The molecule has 1 aromatic carbocycles. The van der Waals surface area contributed by atoms with Gasteiger partial charge in [-0.1, -0.05) is 12.1 Å². The molecular weight excluding hydrogens is 481 g/mol. The molecule has 3 amide bonds. The summed E-state index contributed by atoms with van der Waals surface area (Å²) in [5.74, 6) is -3.25. The van der Waals surface area contributed by atoms with Gasteiger partial charge in [0.1, 0.15) is 5.82 Å². The maximum Gasteiger partial charge on any atom is 0.434 e. The molecule has 0 bridgehead atoms. The van der Waals surface area contributed by atoms with E-state index in [9.17, 15) is 23.9 Å². The zero-order valence-electron chi connectivity index (χ0n) is 21.3. The van der Waals surface area contributed by atoms with E-state index in [2.05, 4.69) is 15.6 Å². The van der Waals surface area contributed by atoms with Gasteiger partial charge in [0.25, 0.3) is 23.3 Å². The van der Waals surface area contributed by atoms with Gasteiger partial charge in [0.05, 0.1) is 0 Å². The first-order valence-electron chi connectivity index (χ1n) is 11.7. The molecule has 1 atom stereocenters. The van der Waals surface area contributed by atoms with Crippen LogP contribution >= 0.6 is 0 Å². The Balaban J connectivity index is 1.76. The van der Waals surface area contributed by atoms with E-state index in [4.69, 9.17) is 4.74 Å². The van der Waals surface area contributed by atoms with Crippen molar-refractivity contribution in [3.05, 3.63) is 70.7 Å². The number of carbonyl (C=O) groups is 3. The van der Waals surface area contributed by atoms with Crippen LogP contribution in [0.1, 0.15) is 19.4 Å². The summed E-state index contributed by atoms with van der Waals surface area (Å²) in [6.45, 7) is 4.21. The van der Waals surface area contributed by atoms with Crippen LogP contribution in [0.3, 0.4) is 0 Å². The summed E-state index contributed by atoms with van der Waals surface area (Å²) in [4.78, 5) is 45.2. The maximum absolute atomic E-state index is 13.4. The number of allylic oxidation sites excluding steroid dienone is 1. The number of hydrogen-bond acceptors (Lipinski definition) is 7. The molecule has 0 saturated heterocycles. The second-order valence-corrected chi connectivity index (χ2v) is 9.73. The van der Waals surface area contributed by atoms with Crippen LogP contribution in [0.25, 0.3) is 0 Å². The summed E-state index contributed by atoms with van der Waals surface area (Å²) in [6.07, 6.45) is 2.00. The molecule has 10 nitrogen and oxygen atoms in total. The zero-order valence-corrected chi connectivity index (χ0v) is 21.3. The SMILES string of the molecule is CNC(=O)C1=C(O)C2=NC=C(Cc3ccc(F)cc3)C3OC(C(=O)NCC(C)(C)N(C)C)=C[N+](=C23)C1=O. The number of carbonyl (C=O) groups excluding carboxylic acids is 3. The first-order valence-corrected chi connectivity index (χ1v) is 11.7. The molecule has 1 aromatic rings. The molecule has 0 spiro atoms. The highest BCUT2D eigenvalue weighted by atomic mass is 19.1. The summed E-state index contributed by atoms with van der Waals surface area (Å²) < 4.78 is 20.6. The Morgan fingerprint density at radius 2 is 1.89 bits per heavy atom. The Bertz CT molecular complexity index is 1340. The minimum atomic E-state index is -0.956. The van der Waals surface area contributed by atoms with Gasteiger partial charge in [-0.05, 0) is 52.1 Å². The largest absolute Gasteiger partial charge is 0.504 e. The zero-order chi connectivity index (χ0) is 27.1. The van der Waals surface area contributed by atoms with Gasteiger partial charge >= 0.3 is 5.91 Å². The van der Waals surface area contributed by atoms with Gasteiger partial charge in [-0.15, -0.1) is 4.58 Å². The van der Waals surface area contributed by atoms with Crippen LogP contribution in [0.4, 0.5) is 4.39 Å². The standard InChI is InChI=1S/C26H28FN5O5/c1-26(2,31(4)5)13-30-23(34)17-12-32-20-19(21(33)18(25(32)36)24(35)28-3)29-11-15(22(20)37-17)10-14-6-8-16(27)9-7-14/h6-9,11-12,22H,10,13H2,1-5H3,(H2-,28,30,33,34,35,36)/p+1. The molecule has 3 heterocycles. The second-order valence-electron chi connectivity index (χ2n) is 9.73. The number of rotatable bonds is 7. The minimum absolute atomic E-state index is 0.00416. The Morgan fingerprint density at radius 1 is 1.22 bits per heavy atom. The molecule has 194 valence electrons. The van der Waals surface area contributed by atoms with Gasteiger partial charge < -0.3 is 25.4 Å². The summed E-state index contributed by atoms with van der Waals surface area (Å²) in [5, 5.41) is 16.0. The van der Waals surface area contributed by atoms with Crippen molar-refractivity contribution in [1.29, 1.82) is 0 Å². The summed E-state index contributed by atoms with van der Waals surface area (Å²) in [5.41, 5.74) is 0.665. The number of nitrogens with one attached hydrogen (secondary N) is 2. The number of halogens is 1. The molecule has 4 rings (SSSR count). The van der Waals surface area contributed by atoms with Crippen LogP contribution in [0.5, 0.6) is 0 Å². The van der Waals surface area contributed by atoms with E-state index in [-0.39, 0.29) is 35.0 Å². The Kier molecular flexibility index (Phi) is 6.83. The summed E-state index contributed by atoms with van der Waals surface area (Å²) in [7, 11) is 5.12. The van der Waals surface area contributed by atoms with Gasteiger partial charge in [-0.2, -0.15) is 0 Å². The first-order chi connectivity index (χ1) is 17.4. The molecule has 11 heteroatoms. The van der Waals surface area contributed by atoms with Gasteiger partial charge in [0, 0.05) is 30.9 Å². The van der Waals surface area contributed by atoms with Gasteiger partial charge in [0.2, 0.25) is 12.3 Å². The molecule has 37 heavy (non-hydrogen) atoms. The fraction of sp³-hybridized carbons (Fsp3) is 0.346. The molecule has 0 aromatic heterocycles. The van der Waals surface area contributed by atoms with Crippen molar-refractivity contribution in [3.8, 4) is 0 Å². The summed E-state index contributed by atoms with van der Waals surface area (Å²) in [6, 6.07) is 5.88. The lowest BCUT2D eigenvalue weighted by atomic mass is 9.89. The Morgan fingerprint density at radius 3 is 2.51 bits per heavy atom. The van der Waals surface area contributed by atoms with E-state index in [1.165, 1.54) is 31.6 Å². The monoisotopic (exact) mass is 510 g/mol. The number of ether oxygens (including phenoxy) is 1. The van der Waals surface area contributed by atoms with E-state index in [0.717, 1.165) is 10.1 Å². The van der Waals surface area contributed by atoms with Crippen LogP contribution in [0.15, 0.2) is 64.3 Å². The van der Waals surface area contributed by atoms with Gasteiger partial charge in [0.15, 0.2) is 17.0 Å². The molecular formula is C26H29FN5O5+. The molecule has 0 fully saturated rings. The van der Waals surface area contributed by atoms with Crippen molar-refractivity contribution in [1.82, 2.24) is 15.5 Å². The lowest BCUT2D eigenvalue weighted by Gasteiger charge is -2.33. The van der Waals surface area contributed by atoms with Crippen molar-refractivity contribution < 1.29 is 33.2 Å². The third-order valence-electron chi connectivity index (χ3n) is 6.72. The topological polar surface area (TPSA) is 123 Å². The van der Waals surface area contributed by atoms with Crippen LogP contribution in [0.2, 0.25) is 0 Å². The van der Waals surface area contributed by atoms with E-state index in [1.807, 2.05) is 32.8 Å². The van der Waals surface area contributed by atoms with Crippen molar-refractivity contribution in [2.45, 2.75) is 31.9 Å². The number of benzene rings is 1. The van der Waals surface area contributed by atoms with Crippen LogP contribution in [-0.2, 0) is 25.5 Å². The number of aliphatic hydroxyl groups excluding tert-OH is 1. The number of aliphatic imine (C=N–C) groups is 1. The van der Waals surface area contributed by atoms with Crippen molar-refractivity contribution in [3.63, 3.8) is 0 Å². The third-order valence-corrected chi connectivity index (χ3v) is 6.72. The highest BCUT2D eigenvalue weighted by Crippen LogP contribution is 2.30. The number of likely N-dealkylation sites (N-methyl/N-ethyl adjacent to an activating group) is 2. The predicted octanol–water partition coefficient (Wildman–Crippen LogP) is 0.955. The Hall–Kier alpha value is -4.12. The van der Waals surface area contributed by atoms with E-state index in [1.54, 1.807) is 12.1 Å². The van der Waals surface area contributed by atoms with Crippen LogP contribution in [-0.4, -0.2) is 83.1 Å². The van der Waals surface area contributed by atoms with Gasteiger partial charge in [-0.3, -0.25) is 9.59 Å². The lowest BCUT2D eigenvalue weighted by Crippen LogP contribution is -2.53. The molecule has 0 aliphatic carbocycles. The average Bonchev–Trinajstić information content (AvgIpc) is 2.87. The summed E-state index contributed by atoms with van der Waals surface area (Å²) >= 11 is 0. The van der Waals surface area contributed by atoms with Crippen molar-refractivity contribution >= 4 is 29.1 Å². The quantitative estimate of drug-likeness (QED) is 0.371. The highest BCUT2D eigenvalue weighted by molar-refractivity contribution is 6.52. The van der Waals surface area contributed by atoms with E-state index >= 15 is 0 Å². The average molecular weight is 511 g/mol. The Labute approximate surface area is 213 Å². The molecule has 0 radical (unpaired) electrons. The van der Waals surface area contributed by atoms with Gasteiger partial charge in [-0.25, -0.2) is 14.2 Å². The second kappa shape index (κ2) is 9.74. The van der Waals surface area contributed by atoms with E-state index < -0.39 is 35.2 Å². The van der Waals surface area contributed by atoms with Crippen molar-refractivity contribution in [2.24, 2.45) is 4.99 Å². The molecule has 0 saturated carbocycles. The van der Waals surface area contributed by atoms with Crippen LogP contribution < -0.4 is 10.6 Å². The minimum Gasteiger partial charge on any atom is -0.504 e. The maximum atomic E-state index is 13.4. The molecule has 1 unspecified atom stereocenters. The molecule has 3 N–H and O–H groups in total. The fourth-order valence-corrected chi connectivity index (χ4v) is 3.95. The van der Waals surface area contributed by atoms with Crippen LogP contribution in [0, 0.1) is 5.82 Å². The predicted molar refractivity (Wildman–Crippen MR) is 133 cm³/mol. The molecule has 3 aliphatic heterocycles. The lowest BCUT2D eigenvalue weighted by molar-refractivity contribution is -0.385. The highest BCUT2D eigenvalue weighted by Gasteiger charge is 2.52. The number of aliphatic hydroxyl groups is 1. The number of hydrogen-bond donors (Lipinski definition) is 3. The molecule has 3 aliphatic rings. The smallest absolute Gasteiger partial charge is 0.434 e. The fourth-order valence-electron chi connectivity index (χ4n) is 3.95. The number of nitrogens with zero attached hydrogens (tertiary/aromatic N) is 3. The first kappa shape index (κ1) is 26.0. The van der Waals surface area contributed by atoms with Crippen molar-refractivity contribution in [2.75, 3.05) is 27.7 Å². The number of amides is 3.